The molecule has 0 amide bonds. The van der Waals surface area contributed by atoms with Crippen LogP contribution in [0.15, 0.2) is 18.2 Å². The average molecular weight is 194 g/mol. The van der Waals surface area contributed by atoms with Crippen molar-refractivity contribution in [2.24, 2.45) is 0 Å². The lowest BCUT2D eigenvalue weighted by Crippen LogP contribution is -2.05. The van der Waals surface area contributed by atoms with Crippen LogP contribution in [0.4, 0.5) is 4.39 Å². The van der Waals surface area contributed by atoms with E-state index in [0.717, 1.165) is 18.7 Å². The van der Waals surface area contributed by atoms with Crippen molar-refractivity contribution in [1.82, 2.24) is 10.3 Å². The van der Waals surface area contributed by atoms with Gasteiger partial charge in [-0.2, -0.15) is 0 Å². The Balaban J connectivity index is 2.59. The van der Waals surface area contributed by atoms with Crippen LogP contribution in [0.5, 0.6) is 0 Å². The Morgan fingerprint density at radius 1 is 1.50 bits per heavy atom. The first-order valence-corrected chi connectivity index (χ1v) is 4.68. The SMILES string of the molecule is CNCCC=Cc1ccc(F)c(C)n1. The molecule has 0 aliphatic heterocycles. The van der Waals surface area contributed by atoms with E-state index in [1.54, 1.807) is 13.0 Å². The van der Waals surface area contributed by atoms with Gasteiger partial charge in [-0.1, -0.05) is 6.08 Å². The number of hydrogen-bond donors (Lipinski definition) is 1. The molecule has 0 bridgehead atoms. The van der Waals surface area contributed by atoms with E-state index < -0.39 is 0 Å². The molecule has 1 aromatic rings. The maximum Gasteiger partial charge on any atom is 0.144 e. The van der Waals surface area contributed by atoms with Gasteiger partial charge >= 0.3 is 0 Å². The standard InChI is InChI=1S/C11H15FN2/c1-9-11(12)7-6-10(14-9)5-3-4-8-13-2/h3,5-7,13H,4,8H2,1-2H3. The monoisotopic (exact) mass is 194 g/mol. The number of nitrogens with one attached hydrogen (secondary N) is 1. The number of nitrogens with zero attached hydrogens (tertiary/aromatic N) is 1. The molecule has 0 radical (unpaired) electrons. The summed E-state index contributed by atoms with van der Waals surface area (Å²) in [4.78, 5) is 4.09. The van der Waals surface area contributed by atoms with Crippen LogP contribution in [0.1, 0.15) is 17.8 Å². The molecule has 0 spiro atoms. The Labute approximate surface area is 83.9 Å². The lowest BCUT2D eigenvalue weighted by Gasteiger charge is -1.97. The summed E-state index contributed by atoms with van der Waals surface area (Å²) in [5.74, 6) is -0.252. The van der Waals surface area contributed by atoms with E-state index in [0.29, 0.717) is 5.69 Å². The molecule has 0 unspecified atom stereocenters. The molecule has 0 aliphatic rings. The van der Waals surface area contributed by atoms with Crippen molar-refractivity contribution >= 4 is 6.08 Å². The summed E-state index contributed by atoms with van der Waals surface area (Å²) in [5.41, 5.74) is 1.25. The normalized spacial score (nSPS) is 11.1. The summed E-state index contributed by atoms with van der Waals surface area (Å²) < 4.78 is 12.8. The van der Waals surface area contributed by atoms with Gasteiger partial charge in [-0.05, 0) is 45.1 Å². The molecular weight excluding hydrogens is 179 g/mol. The zero-order valence-electron chi connectivity index (χ0n) is 8.55. The average Bonchev–Trinajstić information content (AvgIpc) is 2.18. The lowest BCUT2D eigenvalue weighted by atomic mass is 10.2. The number of hydrogen-bond acceptors (Lipinski definition) is 2. The first-order chi connectivity index (χ1) is 6.74. The van der Waals surface area contributed by atoms with Gasteiger partial charge in [0.15, 0.2) is 0 Å². The highest BCUT2D eigenvalue weighted by Crippen LogP contribution is 2.05. The van der Waals surface area contributed by atoms with Crippen molar-refractivity contribution in [2.45, 2.75) is 13.3 Å². The molecule has 2 nitrogen and oxygen atoms in total. The molecule has 0 atom stereocenters. The van der Waals surface area contributed by atoms with E-state index in [1.807, 2.05) is 19.2 Å². The van der Waals surface area contributed by atoms with Crippen molar-refractivity contribution in [3.05, 3.63) is 35.4 Å². The highest BCUT2D eigenvalue weighted by atomic mass is 19.1. The fraction of sp³-hybridized carbons (Fsp3) is 0.364. The summed E-state index contributed by atoms with van der Waals surface area (Å²) in [6.45, 7) is 2.61. The summed E-state index contributed by atoms with van der Waals surface area (Å²) in [7, 11) is 1.91. The van der Waals surface area contributed by atoms with Gasteiger partial charge < -0.3 is 5.32 Å². The predicted molar refractivity (Wildman–Crippen MR) is 56.5 cm³/mol. The third kappa shape index (κ3) is 3.26. The Morgan fingerprint density at radius 2 is 2.29 bits per heavy atom. The van der Waals surface area contributed by atoms with E-state index in [1.165, 1.54) is 6.07 Å². The smallest absolute Gasteiger partial charge is 0.144 e. The van der Waals surface area contributed by atoms with Crippen LogP contribution in [0, 0.1) is 12.7 Å². The number of aryl methyl sites for hydroxylation is 1. The summed E-state index contributed by atoms with van der Waals surface area (Å²) >= 11 is 0. The molecule has 1 aromatic heterocycles. The first kappa shape index (κ1) is 10.9. The van der Waals surface area contributed by atoms with Gasteiger partial charge in [-0.25, -0.2) is 4.39 Å². The second-order valence-electron chi connectivity index (χ2n) is 3.10. The van der Waals surface area contributed by atoms with Gasteiger partial charge in [0.05, 0.1) is 11.4 Å². The van der Waals surface area contributed by atoms with Crippen LogP contribution in [0.2, 0.25) is 0 Å². The van der Waals surface area contributed by atoms with E-state index in [-0.39, 0.29) is 5.82 Å². The molecule has 0 aromatic carbocycles. The molecule has 0 aliphatic carbocycles. The van der Waals surface area contributed by atoms with Crippen LogP contribution in [-0.2, 0) is 0 Å². The molecule has 0 saturated carbocycles. The van der Waals surface area contributed by atoms with Crippen LogP contribution >= 0.6 is 0 Å². The molecule has 1 rings (SSSR count). The van der Waals surface area contributed by atoms with Crippen molar-refractivity contribution in [2.75, 3.05) is 13.6 Å². The first-order valence-electron chi connectivity index (χ1n) is 4.68. The second-order valence-corrected chi connectivity index (χ2v) is 3.10. The zero-order chi connectivity index (χ0) is 10.4. The summed E-state index contributed by atoms with van der Waals surface area (Å²) in [6, 6.07) is 3.12. The Bertz CT molecular complexity index is 321. The molecule has 1 N–H and O–H groups in total. The van der Waals surface area contributed by atoms with Crippen molar-refractivity contribution < 1.29 is 4.39 Å². The van der Waals surface area contributed by atoms with Crippen LogP contribution in [0.3, 0.4) is 0 Å². The highest BCUT2D eigenvalue weighted by molar-refractivity contribution is 5.44. The minimum Gasteiger partial charge on any atom is -0.319 e. The van der Waals surface area contributed by atoms with Gasteiger partial charge in [0.2, 0.25) is 0 Å². The molecule has 14 heavy (non-hydrogen) atoms. The maximum atomic E-state index is 12.8. The van der Waals surface area contributed by atoms with Crippen LogP contribution in [0.25, 0.3) is 6.08 Å². The van der Waals surface area contributed by atoms with Gasteiger partial charge in [0.1, 0.15) is 5.82 Å². The Hall–Kier alpha value is -1.22. The fourth-order valence-electron chi connectivity index (χ4n) is 1.09. The third-order valence-electron chi connectivity index (χ3n) is 1.89. The van der Waals surface area contributed by atoms with Crippen LogP contribution in [-0.4, -0.2) is 18.6 Å². The quantitative estimate of drug-likeness (QED) is 0.743. The third-order valence-corrected chi connectivity index (χ3v) is 1.89. The summed E-state index contributed by atoms with van der Waals surface area (Å²) in [5, 5.41) is 3.04. The predicted octanol–water partition coefficient (Wildman–Crippen LogP) is 2.15. The number of rotatable bonds is 4. The van der Waals surface area contributed by atoms with Gasteiger partial charge in [0.25, 0.3) is 0 Å². The zero-order valence-corrected chi connectivity index (χ0v) is 8.55. The molecule has 1 heterocycles. The lowest BCUT2D eigenvalue weighted by molar-refractivity contribution is 0.609. The highest BCUT2D eigenvalue weighted by Gasteiger charge is 1.96. The number of pyridine rings is 1. The van der Waals surface area contributed by atoms with E-state index in [4.69, 9.17) is 0 Å². The molecule has 0 saturated heterocycles. The molecule has 76 valence electrons. The molecular formula is C11H15FN2. The Kier molecular flexibility index (Phi) is 4.26. The summed E-state index contributed by atoms with van der Waals surface area (Å²) in [6.07, 6.45) is 4.88. The minimum atomic E-state index is -0.252. The molecule has 0 fully saturated rings. The van der Waals surface area contributed by atoms with Crippen molar-refractivity contribution in [3.63, 3.8) is 0 Å². The van der Waals surface area contributed by atoms with Gasteiger partial charge in [-0.3, -0.25) is 4.98 Å². The van der Waals surface area contributed by atoms with Gasteiger partial charge in [0, 0.05) is 0 Å². The number of halogens is 1. The van der Waals surface area contributed by atoms with E-state index in [9.17, 15) is 4.39 Å². The van der Waals surface area contributed by atoms with E-state index >= 15 is 0 Å². The van der Waals surface area contributed by atoms with Crippen molar-refractivity contribution in [1.29, 1.82) is 0 Å². The largest absolute Gasteiger partial charge is 0.319 e. The molecule has 3 heteroatoms. The van der Waals surface area contributed by atoms with E-state index in [2.05, 4.69) is 10.3 Å². The topological polar surface area (TPSA) is 24.9 Å². The minimum absolute atomic E-state index is 0.252. The second kappa shape index (κ2) is 5.50. The Morgan fingerprint density at radius 3 is 2.93 bits per heavy atom. The van der Waals surface area contributed by atoms with Crippen molar-refractivity contribution in [3.8, 4) is 0 Å². The fourth-order valence-corrected chi connectivity index (χ4v) is 1.09. The van der Waals surface area contributed by atoms with Crippen LogP contribution < -0.4 is 5.32 Å². The van der Waals surface area contributed by atoms with Gasteiger partial charge in [-0.15, -0.1) is 0 Å². The number of aromatic nitrogens is 1. The maximum absolute atomic E-state index is 12.8.